The molecule has 2 rings (SSSR count). The van der Waals surface area contributed by atoms with Gasteiger partial charge in [-0.1, -0.05) is 6.92 Å². The van der Waals surface area contributed by atoms with E-state index in [4.69, 9.17) is 14.6 Å². The number of carboxylic acid groups (broad SMARTS) is 1. The van der Waals surface area contributed by atoms with Gasteiger partial charge in [0.15, 0.2) is 0 Å². The summed E-state index contributed by atoms with van der Waals surface area (Å²) < 4.78 is 5.09. The van der Waals surface area contributed by atoms with Crippen LogP contribution < -0.4 is 5.32 Å². The molecule has 2 saturated heterocycles. The molecule has 0 unspecified atom stereocenters. The highest BCUT2D eigenvalue weighted by molar-refractivity contribution is 5.70. The largest absolute Gasteiger partial charge is 0.481 e. The number of cyclic esters (lactones) is 1. The van der Waals surface area contributed by atoms with Gasteiger partial charge in [0, 0.05) is 13.0 Å². The van der Waals surface area contributed by atoms with Crippen LogP contribution in [0.5, 0.6) is 0 Å². The fourth-order valence-corrected chi connectivity index (χ4v) is 2.32. The molecule has 0 aromatic heterocycles. The Balaban J connectivity index is 0.000000357. The molecule has 2 fully saturated rings. The van der Waals surface area contributed by atoms with Crippen molar-refractivity contribution in [3.63, 3.8) is 0 Å². The van der Waals surface area contributed by atoms with E-state index in [-0.39, 0.29) is 6.09 Å². The molecule has 0 aromatic carbocycles. The van der Waals surface area contributed by atoms with Crippen molar-refractivity contribution in [2.24, 2.45) is 0 Å². The molecule has 18 heavy (non-hydrogen) atoms. The van der Waals surface area contributed by atoms with E-state index >= 15 is 0 Å². The van der Waals surface area contributed by atoms with Gasteiger partial charge in [-0.2, -0.15) is 0 Å². The van der Waals surface area contributed by atoms with Crippen molar-refractivity contribution in [1.82, 2.24) is 10.2 Å². The first-order valence-corrected chi connectivity index (χ1v) is 6.41. The summed E-state index contributed by atoms with van der Waals surface area (Å²) in [5.41, 5.74) is 0. The summed E-state index contributed by atoms with van der Waals surface area (Å²) in [6, 6.07) is 0.710. The lowest BCUT2D eigenvalue weighted by Crippen LogP contribution is -2.47. The lowest BCUT2D eigenvalue weighted by molar-refractivity contribution is -0.134. The number of ether oxygens (including phenoxy) is 1. The van der Waals surface area contributed by atoms with Gasteiger partial charge in [-0.05, 0) is 32.4 Å². The van der Waals surface area contributed by atoms with E-state index in [1.807, 2.05) is 4.90 Å². The van der Waals surface area contributed by atoms with E-state index in [1.54, 1.807) is 0 Å². The molecule has 2 N–H and O–H groups in total. The summed E-state index contributed by atoms with van der Waals surface area (Å²) >= 11 is 0. The second-order valence-electron chi connectivity index (χ2n) is 4.55. The van der Waals surface area contributed by atoms with Gasteiger partial charge < -0.3 is 15.2 Å². The number of aliphatic carboxylic acids is 1. The quantitative estimate of drug-likeness (QED) is 0.774. The van der Waals surface area contributed by atoms with Crippen LogP contribution >= 0.6 is 0 Å². The van der Waals surface area contributed by atoms with Crippen LogP contribution in [0, 0.1) is 0 Å². The van der Waals surface area contributed by atoms with Crippen LogP contribution in [0.3, 0.4) is 0 Å². The SMILES string of the molecule is CC(=O)O.CC[C@H]1COC(=O)N1C1CCNCC1. The maximum atomic E-state index is 11.5. The first-order valence-electron chi connectivity index (χ1n) is 6.41. The Morgan fingerprint density at radius 2 is 2.06 bits per heavy atom. The van der Waals surface area contributed by atoms with Crippen molar-refractivity contribution in [3.8, 4) is 0 Å². The van der Waals surface area contributed by atoms with Crippen LogP contribution in [-0.4, -0.2) is 53.8 Å². The van der Waals surface area contributed by atoms with E-state index in [0.29, 0.717) is 18.7 Å². The molecule has 2 heterocycles. The maximum absolute atomic E-state index is 11.5. The Labute approximate surface area is 107 Å². The number of carboxylic acids is 1. The standard InChI is InChI=1S/C10H18N2O2.C2H4O2/c1-2-8-7-14-10(13)12(8)9-3-5-11-6-4-9;1-2(3)4/h8-9,11H,2-7H2,1H3;1H3,(H,3,4)/t8-;/m0./s1. The molecule has 0 aromatic rings. The Kier molecular flexibility index (Phi) is 5.91. The van der Waals surface area contributed by atoms with Gasteiger partial charge in [0.05, 0.1) is 6.04 Å². The Morgan fingerprint density at radius 1 is 1.50 bits per heavy atom. The molecule has 0 spiro atoms. The predicted octanol–water partition coefficient (Wildman–Crippen LogP) is 1.06. The zero-order valence-corrected chi connectivity index (χ0v) is 11.0. The van der Waals surface area contributed by atoms with Crippen LogP contribution in [0.15, 0.2) is 0 Å². The van der Waals surface area contributed by atoms with Crippen molar-refractivity contribution in [2.75, 3.05) is 19.7 Å². The van der Waals surface area contributed by atoms with Gasteiger partial charge in [-0.3, -0.25) is 9.69 Å². The highest BCUT2D eigenvalue weighted by Gasteiger charge is 2.37. The Bertz CT molecular complexity index is 286. The van der Waals surface area contributed by atoms with Crippen LogP contribution in [0.4, 0.5) is 4.79 Å². The average Bonchev–Trinajstić information content (AvgIpc) is 2.71. The number of nitrogens with zero attached hydrogens (tertiary/aromatic N) is 1. The maximum Gasteiger partial charge on any atom is 0.410 e. The summed E-state index contributed by atoms with van der Waals surface area (Å²) in [4.78, 5) is 22.5. The molecule has 0 saturated carbocycles. The number of hydrogen-bond acceptors (Lipinski definition) is 4. The van der Waals surface area contributed by atoms with E-state index in [1.165, 1.54) is 0 Å². The van der Waals surface area contributed by atoms with E-state index in [9.17, 15) is 4.79 Å². The van der Waals surface area contributed by atoms with E-state index in [2.05, 4.69) is 12.2 Å². The molecule has 0 aliphatic carbocycles. The average molecular weight is 258 g/mol. The van der Waals surface area contributed by atoms with Crippen LogP contribution in [-0.2, 0) is 9.53 Å². The predicted molar refractivity (Wildman–Crippen MR) is 66.5 cm³/mol. The number of nitrogens with one attached hydrogen (secondary N) is 1. The fraction of sp³-hybridized carbons (Fsp3) is 0.833. The lowest BCUT2D eigenvalue weighted by Gasteiger charge is -2.33. The number of carbonyl (C=O) groups excluding carboxylic acids is 1. The molecular formula is C12H22N2O4. The zero-order valence-electron chi connectivity index (χ0n) is 11.0. The normalized spacial score (nSPS) is 24.2. The van der Waals surface area contributed by atoms with Crippen molar-refractivity contribution >= 4 is 12.1 Å². The molecule has 0 radical (unpaired) electrons. The van der Waals surface area contributed by atoms with Crippen molar-refractivity contribution in [2.45, 2.75) is 45.2 Å². The van der Waals surface area contributed by atoms with Crippen molar-refractivity contribution in [3.05, 3.63) is 0 Å². The van der Waals surface area contributed by atoms with Crippen molar-refractivity contribution in [1.29, 1.82) is 0 Å². The summed E-state index contributed by atoms with van der Waals surface area (Å²) in [7, 11) is 0. The van der Waals surface area contributed by atoms with Crippen LogP contribution in [0.2, 0.25) is 0 Å². The topological polar surface area (TPSA) is 78.9 Å². The number of carbonyl (C=O) groups is 2. The van der Waals surface area contributed by atoms with Gasteiger partial charge in [0.1, 0.15) is 6.61 Å². The van der Waals surface area contributed by atoms with Gasteiger partial charge >= 0.3 is 6.09 Å². The molecule has 6 heteroatoms. The lowest BCUT2D eigenvalue weighted by atomic mass is 10.0. The van der Waals surface area contributed by atoms with Crippen LogP contribution in [0.25, 0.3) is 0 Å². The third-order valence-corrected chi connectivity index (χ3v) is 3.18. The monoisotopic (exact) mass is 258 g/mol. The molecule has 0 bridgehead atoms. The van der Waals surface area contributed by atoms with E-state index in [0.717, 1.165) is 39.3 Å². The van der Waals surface area contributed by atoms with Gasteiger partial charge in [0.2, 0.25) is 0 Å². The third kappa shape index (κ3) is 4.18. The summed E-state index contributed by atoms with van der Waals surface area (Å²) in [6.07, 6.45) is 3.01. The third-order valence-electron chi connectivity index (χ3n) is 3.18. The number of hydrogen-bond donors (Lipinski definition) is 2. The second-order valence-corrected chi connectivity index (χ2v) is 4.55. The minimum atomic E-state index is -0.833. The molecule has 1 amide bonds. The highest BCUT2D eigenvalue weighted by Crippen LogP contribution is 2.23. The number of piperidine rings is 1. The molecular weight excluding hydrogens is 236 g/mol. The second kappa shape index (κ2) is 7.20. The Morgan fingerprint density at radius 3 is 2.56 bits per heavy atom. The first-order chi connectivity index (χ1) is 8.56. The Hall–Kier alpha value is -1.30. The smallest absolute Gasteiger partial charge is 0.410 e. The number of amides is 1. The first kappa shape index (κ1) is 14.8. The fourth-order valence-electron chi connectivity index (χ4n) is 2.32. The minimum Gasteiger partial charge on any atom is -0.481 e. The molecule has 1 atom stereocenters. The summed E-state index contributed by atoms with van der Waals surface area (Å²) in [5, 5.41) is 10.7. The molecule has 2 aliphatic rings. The van der Waals surface area contributed by atoms with E-state index < -0.39 is 5.97 Å². The minimum absolute atomic E-state index is 0.108. The number of rotatable bonds is 2. The van der Waals surface area contributed by atoms with Crippen molar-refractivity contribution < 1.29 is 19.4 Å². The highest BCUT2D eigenvalue weighted by atomic mass is 16.6. The summed E-state index contributed by atoms with van der Waals surface area (Å²) in [6.45, 7) is 5.82. The summed E-state index contributed by atoms with van der Waals surface area (Å²) in [5.74, 6) is -0.833. The van der Waals surface area contributed by atoms with Gasteiger partial charge in [-0.25, -0.2) is 4.79 Å². The zero-order chi connectivity index (χ0) is 13.5. The van der Waals surface area contributed by atoms with Gasteiger partial charge in [0.25, 0.3) is 5.97 Å². The van der Waals surface area contributed by atoms with Gasteiger partial charge in [-0.15, -0.1) is 0 Å². The molecule has 6 nitrogen and oxygen atoms in total. The molecule has 2 aliphatic heterocycles. The molecule has 104 valence electrons. The van der Waals surface area contributed by atoms with Crippen LogP contribution in [0.1, 0.15) is 33.1 Å².